The van der Waals surface area contributed by atoms with Crippen molar-refractivity contribution in [2.24, 2.45) is 17.3 Å². The summed E-state index contributed by atoms with van der Waals surface area (Å²) < 4.78 is 36.5. The van der Waals surface area contributed by atoms with Crippen LogP contribution in [0.4, 0.5) is 4.79 Å². The Bertz CT molecular complexity index is 1350. The van der Waals surface area contributed by atoms with Gasteiger partial charge in [0.15, 0.2) is 5.75 Å². The van der Waals surface area contributed by atoms with Crippen LogP contribution in [0.25, 0.3) is 0 Å². The lowest BCUT2D eigenvalue weighted by molar-refractivity contribution is -0.199. The first-order valence-electron chi connectivity index (χ1n) is 16.4. The predicted octanol–water partition coefficient (Wildman–Crippen LogP) is 6.18. The van der Waals surface area contributed by atoms with Crippen LogP contribution in [0.15, 0.2) is 12.1 Å². The van der Waals surface area contributed by atoms with Crippen LogP contribution in [0.3, 0.4) is 0 Å². The zero-order chi connectivity index (χ0) is 33.8. The average molecular weight is 660 g/mol. The molecule has 12 heteroatoms. The number of esters is 1. The van der Waals surface area contributed by atoms with Gasteiger partial charge < -0.3 is 33.2 Å². The number of hydrogen-bond donors (Lipinski definition) is 0. The SMILES string of the molecule is CSCC(=O)N1CC(Oc2ccc(CCB3O[C@@H]4C[C@@H]5C[C@@H](C5(C)C)[C@]4(C)O3)c(OC(=O)OC(C)(C)C)c2C(=O)OC(C)(C)C)C1. The van der Waals surface area contributed by atoms with Gasteiger partial charge in [-0.2, -0.15) is 11.8 Å². The first-order valence-corrected chi connectivity index (χ1v) is 17.8. The normalized spacial score (nSPS) is 26.9. The summed E-state index contributed by atoms with van der Waals surface area (Å²) in [5.74, 6) is 1.07. The summed E-state index contributed by atoms with van der Waals surface area (Å²) in [5.41, 5.74) is -1.15. The Morgan fingerprint density at radius 2 is 1.70 bits per heavy atom. The van der Waals surface area contributed by atoms with Crippen LogP contribution in [0, 0.1) is 17.3 Å². The topological polar surface area (TPSA) is 110 Å². The number of likely N-dealkylation sites (tertiary alicyclic amines) is 1. The molecule has 1 amide bonds. The van der Waals surface area contributed by atoms with E-state index in [1.165, 1.54) is 11.8 Å². The lowest BCUT2D eigenvalue weighted by atomic mass is 9.43. The highest BCUT2D eigenvalue weighted by Gasteiger charge is 2.67. The maximum atomic E-state index is 13.8. The Kier molecular flexibility index (Phi) is 9.51. The van der Waals surface area contributed by atoms with Gasteiger partial charge in [0.2, 0.25) is 5.91 Å². The second-order valence-electron chi connectivity index (χ2n) is 15.9. The number of aryl methyl sites for hydroxylation is 1. The standard InChI is InChI=1S/C34H50BNO9S/c1-31(2,3)42-29(38)27-23(40-22-17-36(18-22)26(37)19-46-10)12-11-20(28(27)41-30(39)43-32(4,5)6)13-14-35-44-25-16-21-15-24(33(21,7)8)34(25,9)45-35/h11-12,21-22,24-25H,13-19H2,1-10H3/t21-,24-,25+,34-/m0/s1. The van der Waals surface area contributed by atoms with Crippen molar-refractivity contribution in [3.8, 4) is 11.5 Å². The average Bonchev–Trinajstić information content (AvgIpc) is 3.23. The Morgan fingerprint density at radius 1 is 1.02 bits per heavy atom. The van der Waals surface area contributed by atoms with E-state index in [1.54, 1.807) is 58.6 Å². The molecule has 5 aliphatic rings. The van der Waals surface area contributed by atoms with Crippen LogP contribution in [0.1, 0.15) is 91.1 Å². The minimum atomic E-state index is -0.943. The third kappa shape index (κ3) is 7.19. The summed E-state index contributed by atoms with van der Waals surface area (Å²) in [5, 5.41) is 0. The molecule has 1 aromatic carbocycles. The number of ether oxygens (including phenoxy) is 4. The molecule has 46 heavy (non-hydrogen) atoms. The van der Waals surface area contributed by atoms with Crippen LogP contribution in [-0.2, 0) is 30.0 Å². The van der Waals surface area contributed by atoms with Crippen LogP contribution in [0.5, 0.6) is 11.5 Å². The molecule has 2 bridgehead atoms. The Labute approximate surface area is 278 Å². The van der Waals surface area contributed by atoms with E-state index < -0.39 is 30.4 Å². The maximum Gasteiger partial charge on any atom is 0.514 e. The minimum absolute atomic E-state index is 0.00337. The highest BCUT2D eigenvalue weighted by molar-refractivity contribution is 7.99. The molecule has 2 saturated heterocycles. The fourth-order valence-electron chi connectivity index (χ4n) is 7.36. The lowest BCUT2D eigenvalue weighted by Gasteiger charge is -2.64. The van der Waals surface area contributed by atoms with Gasteiger partial charge >= 0.3 is 19.2 Å². The van der Waals surface area contributed by atoms with Crippen molar-refractivity contribution in [1.29, 1.82) is 0 Å². The fourth-order valence-corrected chi connectivity index (χ4v) is 7.78. The number of amides is 1. The van der Waals surface area contributed by atoms with E-state index in [2.05, 4.69) is 20.8 Å². The van der Waals surface area contributed by atoms with E-state index in [1.807, 2.05) is 6.26 Å². The summed E-state index contributed by atoms with van der Waals surface area (Å²) in [6, 6.07) is 3.50. The molecular formula is C34H50BNO9S. The van der Waals surface area contributed by atoms with Gasteiger partial charge in [0.05, 0.1) is 30.5 Å². The second kappa shape index (κ2) is 12.5. The zero-order valence-corrected chi connectivity index (χ0v) is 29.8. The van der Waals surface area contributed by atoms with Gasteiger partial charge in [-0.1, -0.05) is 19.9 Å². The molecule has 10 nitrogen and oxygen atoms in total. The number of hydrogen-bond acceptors (Lipinski definition) is 10. The lowest BCUT2D eigenvalue weighted by Crippen LogP contribution is -2.65. The molecule has 3 aliphatic carbocycles. The maximum absolute atomic E-state index is 13.8. The predicted molar refractivity (Wildman–Crippen MR) is 176 cm³/mol. The number of thioether (sulfide) groups is 1. The molecule has 0 spiro atoms. The van der Waals surface area contributed by atoms with Crippen molar-refractivity contribution in [1.82, 2.24) is 4.90 Å². The molecule has 254 valence electrons. The van der Waals surface area contributed by atoms with Crippen molar-refractivity contribution >= 4 is 36.9 Å². The van der Waals surface area contributed by atoms with Gasteiger partial charge in [0.25, 0.3) is 0 Å². The Morgan fingerprint density at radius 3 is 2.30 bits per heavy atom. The summed E-state index contributed by atoms with van der Waals surface area (Å²) in [6.45, 7) is 18.2. The largest absolute Gasteiger partial charge is 0.514 e. The van der Waals surface area contributed by atoms with Crippen LogP contribution >= 0.6 is 11.8 Å². The molecule has 0 N–H and O–H groups in total. The van der Waals surface area contributed by atoms with Gasteiger partial charge in [-0.25, -0.2) is 9.59 Å². The van der Waals surface area contributed by atoms with E-state index in [9.17, 15) is 14.4 Å². The Balaban J connectivity index is 1.41. The van der Waals surface area contributed by atoms with Gasteiger partial charge in [-0.3, -0.25) is 4.79 Å². The zero-order valence-electron chi connectivity index (χ0n) is 29.0. The summed E-state index contributed by atoms with van der Waals surface area (Å²) in [4.78, 5) is 40.9. The van der Waals surface area contributed by atoms with E-state index >= 15 is 0 Å². The smallest absolute Gasteiger partial charge is 0.486 e. The molecule has 2 aliphatic heterocycles. The van der Waals surface area contributed by atoms with E-state index in [4.69, 9.17) is 28.3 Å². The first kappa shape index (κ1) is 34.9. The number of rotatable bonds is 9. The van der Waals surface area contributed by atoms with Gasteiger partial charge in [-0.05, 0) is 109 Å². The van der Waals surface area contributed by atoms with Crippen LogP contribution in [0.2, 0.25) is 6.32 Å². The van der Waals surface area contributed by atoms with Crippen LogP contribution < -0.4 is 9.47 Å². The molecule has 0 radical (unpaired) electrons. The van der Waals surface area contributed by atoms with Gasteiger partial charge in [0.1, 0.15) is 28.6 Å². The van der Waals surface area contributed by atoms with Gasteiger partial charge in [-0.15, -0.1) is 0 Å². The highest BCUT2D eigenvalue weighted by atomic mass is 32.2. The van der Waals surface area contributed by atoms with Crippen molar-refractivity contribution in [2.45, 2.75) is 117 Å². The number of benzene rings is 1. The van der Waals surface area contributed by atoms with E-state index in [0.29, 0.717) is 49.0 Å². The van der Waals surface area contributed by atoms with Crippen LogP contribution in [-0.4, -0.2) is 84.2 Å². The molecule has 4 atom stereocenters. The quantitative estimate of drug-likeness (QED) is 0.173. The van der Waals surface area contributed by atoms with E-state index in [0.717, 1.165) is 12.8 Å². The van der Waals surface area contributed by atoms with Crippen molar-refractivity contribution in [3.05, 3.63) is 23.3 Å². The molecule has 1 aromatic rings. The molecule has 6 rings (SSSR count). The highest BCUT2D eigenvalue weighted by Crippen LogP contribution is 2.65. The third-order valence-corrected chi connectivity index (χ3v) is 10.3. The van der Waals surface area contributed by atoms with Crippen molar-refractivity contribution in [2.75, 3.05) is 25.1 Å². The minimum Gasteiger partial charge on any atom is -0.486 e. The molecule has 0 unspecified atom stereocenters. The molecule has 2 heterocycles. The van der Waals surface area contributed by atoms with Crippen molar-refractivity contribution < 1.29 is 42.6 Å². The number of nitrogens with zero attached hydrogens (tertiary/aromatic N) is 1. The summed E-state index contributed by atoms with van der Waals surface area (Å²) >= 11 is 1.47. The monoisotopic (exact) mass is 659 g/mol. The third-order valence-electron chi connectivity index (χ3n) is 9.79. The van der Waals surface area contributed by atoms with E-state index in [-0.39, 0.29) is 46.2 Å². The molecule has 5 fully saturated rings. The Hall–Kier alpha value is -2.44. The molecule has 3 saturated carbocycles. The summed E-state index contributed by atoms with van der Waals surface area (Å²) in [6.07, 6.45) is 3.71. The first-order chi connectivity index (χ1) is 21.3. The van der Waals surface area contributed by atoms with Crippen molar-refractivity contribution in [3.63, 3.8) is 0 Å². The fraction of sp³-hybridized carbons (Fsp3) is 0.735. The summed E-state index contributed by atoms with van der Waals surface area (Å²) in [7, 11) is -0.430. The number of carbonyl (C=O) groups is 3. The molecular weight excluding hydrogens is 609 g/mol. The van der Waals surface area contributed by atoms with Gasteiger partial charge in [0, 0.05) is 0 Å². The second-order valence-corrected chi connectivity index (χ2v) is 16.8. The molecule has 0 aromatic heterocycles. The number of carbonyl (C=O) groups excluding carboxylic acids is 3.